The molecular formula is C25H32FN5O2. The number of halogens is 1. The quantitative estimate of drug-likeness (QED) is 0.522. The van der Waals surface area contributed by atoms with Crippen molar-refractivity contribution in [2.24, 2.45) is 0 Å². The first-order valence-corrected chi connectivity index (χ1v) is 11.9. The summed E-state index contributed by atoms with van der Waals surface area (Å²) in [5.74, 6) is 0. The maximum atomic E-state index is 15.9. The Balaban J connectivity index is 1.21. The van der Waals surface area contributed by atoms with Crippen molar-refractivity contribution in [3.05, 3.63) is 54.8 Å². The van der Waals surface area contributed by atoms with Crippen LogP contribution in [0.2, 0.25) is 0 Å². The van der Waals surface area contributed by atoms with E-state index in [-0.39, 0.29) is 6.04 Å². The number of furan rings is 1. The summed E-state index contributed by atoms with van der Waals surface area (Å²) in [6, 6.07) is 6.67. The van der Waals surface area contributed by atoms with Crippen LogP contribution in [0.15, 0.2) is 53.6 Å². The van der Waals surface area contributed by atoms with Gasteiger partial charge in [0.15, 0.2) is 11.3 Å². The molecule has 33 heavy (non-hydrogen) atoms. The van der Waals surface area contributed by atoms with Crippen molar-refractivity contribution in [3.8, 4) is 6.01 Å². The molecule has 8 heteroatoms. The van der Waals surface area contributed by atoms with E-state index in [4.69, 9.17) is 9.15 Å². The minimum absolute atomic E-state index is 0.225. The van der Waals surface area contributed by atoms with Gasteiger partial charge in [0, 0.05) is 56.2 Å². The topological polar surface area (TPSA) is 59.6 Å². The number of hydrogen-bond donors (Lipinski definition) is 0. The molecule has 0 radical (unpaired) electrons. The van der Waals surface area contributed by atoms with Crippen LogP contribution in [0.3, 0.4) is 0 Å². The maximum absolute atomic E-state index is 15.9. The van der Waals surface area contributed by atoms with Gasteiger partial charge in [-0.1, -0.05) is 6.58 Å². The number of alkyl halides is 1. The van der Waals surface area contributed by atoms with Crippen molar-refractivity contribution in [1.82, 2.24) is 24.3 Å². The van der Waals surface area contributed by atoms with Gasteiger partial charge in [0.1, 0.15) is 5.52 Å². The molecule has 0 saturated carbocycles. The highest BCUT2D eigenvalue weighted by Crippen LogP contribution is 2.38. The lowest BCUT2D eigenvalue weighted by molar-refractivity contribution is 0.0518. The van der Waals surface area contributed by atoms with Crippen LogP contribution in [0.1, 0.15) is 44.2 Å². The molecule has 3 aromatic heterocycles. The fourth-order valence-electron chi connectivity index (χ4n) is 5.14. The Labute approximate surface area is 193 Å². The molecule has 0 unspecified atom stereocenters. The van der Waals surface area contributed by atoms with Crippen LogP contribution >= 0.6 is 0 Å². The van der Waals surface area contributed by atoms with Gasteiger partial charge in [-0.05, 0) is 50.8 Å². The van der Waals surface area contributed by atoms with E-state index in [0.717, 1.165) is 62.3 Å². The SMILES string of the molecule is C=C(N1CCC(n2c(OCC)nc3cccnc32)CC1)C1(F)CCN(Cc2ccoc2)CC1. The van der Waals surface area contributed by atoms with Gasteiger partial charge in [-0.25, -0.2) is 9.37 Å². The number of fused-ring (bicyclic) bond motifs is 1. The Hall–Kier alpha value is -2.87. The smallest absolute Gasteiger partial charge is 0.298 e. The molecule has 0 atom stereocenters. The van der Waals surface area contributed by atoms with Gasteiger partial charge in [0.2, 0.25) is 0 Å². The zero-order valence-corrected chi connectivity index (χ0v) is 19.3. The number of rotatable bonds is 7. The van der Waals surface area contributed by atoms with Gasteiger partial charge in [-0.15, -0.1) is 0 Å². The van der Waals surface area contributed by atoms with Crippen LogP contribution in [0.25, 0.3) is 11.2 Å². The second-order valence-electron chi connectivity index (χ2n) is 9.08. The number of pyridine rings is 1. The van der Waals surface area contributed by atoms with Crippen molar-refractivity contribution in [2.45, 2.75) is 50.9 Å². The van der Waals surface area contributed by atoms with Crippen molar-refractivity contribution in [3.63, 3.8) is 0 Å². The number of hydrogen-bond acceptors (Lipinski definition) is 6. The summed E-state index contributed by atoms with van der Waals surface area (Å²) in [7, 11) is 0. The van der Waals surface area contributed by atoms with Crippen LogP contribution in [0.5, 0.6) is 6.01 Å². The lowest BCUT2D eigenvalue weighted by atomic mass is 9.88. The van der Waals surface area contributed by atoms with Gasteiger partial charge in [-0.3, -0.25) is 9.47 Å². The molecule has 0 spiro atoms. The lowest BCUT2D eigenvalue weighted by Crippen LogP contribution is -2.47. The van der Waals surface area contributed by atoms with E-state index in [1.807, 2.05) is 25.1 Å². The zero-order chi connectivity index (χ0) is 22.8. The van der Waals surface area contributed by atoms with Crippen LogP contribution in [0.4, 0.5) is 4.39 Å². The highest BCUT2D eigenvalue weighted by molar-refractivity contribution is 5.72. The molecule has 2 aliphatic rings. The van der Waals surface area contributed by atoms with Crippen molar-refractivity contribution in [1.29, 1.82) is 0 Å². The molecule has 3 aromatic rings. The van der Waals surface area contributed by atoms with Crippen LogP contribution in [-0.4, -0.2) is 62.8 Å². The molecule has 2 fully saturated rings. The minimum Gasteiger partial charge on any atom is -0.472 e. The average Bonchev–Trinajstić information content (AvgIpc) is 3.48. The lowest BCUT2D eigenvalue weighted by Gasteiger charge is -2.43. The highest BCUT2D eigenvalue weighted by Gasteiger charge is 2.40. The summed E-state index contributed by atoms with van der Waals surface area (Å²) in [6.45, 7) is 10.5. The second kappa shape index (κ2) is 9.17. The molecule has 2 aliphatic heterocycles. The largest absolute Gasteiger partial charge is 0.472 e. The Morgan fingerprint density at radius 3 is 2.73 bits per heavy atom. The van der Waals surface area contributed by atoms with E-state index in [0.29, 0.717) is 31.2 Å². The number of aromatic nitrogens is 3. The monoisotopic (exact) mass is 453 g/mol. The van der Waals surface area contributed by atoms with E-state index in [1.165, 1.54) is 0 Å². The Morgan fingerprint density at radius 1 is 1.24 bits per heavy atom. The first-order valence-electron chi connectivity index (χ1n) is 11.9. The third-order valence-electron chi connectivity index (χ3n) is 7.05. The van der Waals surface area contributed by atoms with E-state index in [1.54, 1.807) is 18.7 Å². The van der Waals surface area contributed by atoms with Gasteiger partial charge in [0.05, 0.1) is 19.1 Å². The molecule has 0 amide bonds. The first-order chi connectivity index (χ1) is 16.1. The van der Waals surface area contributed by atoms with Gasteiger partial charge < -0.3 is 14.1 Å². The summed E-state index contributed by atoms with van der Waals surface area (Å²) in [6.07, 6.45) is 7.95. The summed E-state index contributed by atoms with van der Waals surface area (Å²) < 4.78 is 29.0. The first kappa shape index (κ1) is 21.9. The number of allylic oxidation sites excluding steroid dienone is 1. The molecule has 2 saturated heterocycles. The predicted octanol–water partition coefficient (Wildman–Crippen LogP) is 4.58. The zero-order valence-electron chi connectivity index (χ0n) is 19.3. The molecule has 0 bridgehead atoms. The molecule has 0 aromatic carbocycles. The summed E-state index contributed by atoms with van der Waals surface area (Å²) in [5, 5.41) is 0. The number of ether oxygens (including phenoxy) is 1. The summed E-state index contributed by atoms with van der Waals surface area (Å²) >= 11 is 0. The van der Waals surface area contributed by atoms with Gasteiger partial charge in [0.25, 0.3) is 6.01 Å². The molecule has 5 heterocycles. The number of imidazole rings is 1. The Bertz CT molecular complexity index is 1080. The van der Waals surface area contributed by atoms with Crippen molar-refractivity contribution < 1.29 is 13.5 Å². The summed E-state index contributed by atoms with van der Waals surface area (Å²) in [4.78, 5) is 13.6. The van der Waals surface area contributed by atoms with Crippen LogP contribution in [-0.2, 0) is 6.54 Å². The fourth-order valence-corrected chi connectivity index (χ4v) is 5.14. The molecule has 176 valence electrons. The standard InChI is InChI=1S/C25H32FN5O2/c1-3-33-24-28-22-5-4-11-27-23(22)31(24)21-6-12-30(13-7-21)19(2)25(26)9-14-29(15-10-25)17-20-8-16-32-18-20/h4-5,8,11,16,18,21H,2-3,6-7,9-10,12-15,17H2,1H3. The van der Waals surface area contributed by atoms with Gasteiger partial charge in [-0.2, -0.15) is 4.98 Å². The van der Waals surface area contributed by atoms with E-state index >= 15 is 4.39 Å². The fraction of sp³-hybridized carbons (Fsp3) is 0.520. The second-order valence-corrected chi connectivity index (χ2v) is 9.08. The third kappa shape index (κ3) is 4.36. The van der Waals surface area contributed by atoms with Crippen molar-refractivity contribution >= 4 is 11.2 Å². The molecule has 0 aliphatic carbocycles. The number of nitrogens with zero attached hydrogens (tertiary/aromatic N) is 5. The molecular weight excluding hydrogens is 421 g/mol. The van der Waals surface area contributed by atoms with Gasteiger partial charge >= 0.3 is 0 Å². The maximum Gasteiger partial charge on any atom is 0.298 e. The average molecular weight is 454 g/mol. The van der Waals surface area contributed by atoms with Crippen LogP contribution in [0, 0.1) is 0 Å². The molecule has 7 nitrogen and oxygen atoms in total. The Kier molecular flexibility index (Phi) is 6.10. The predicted molar refractivity (Wildman–Crippen MR) is 125 cm³/mol. The molecule has 0 N–H and O–H groups in total. The van der Waals surface area contributed by atoms with E-state index in [9.17, 15) is 0 Å². The number of likely N-dealkylation sites (tertiary alicyclic amines) is 2. The normalized spacial score (nSPS) is 19.8. The minimum atomic E-state index is -1.33. The summed E-state index contributed by atoms with van der Waals surface area (Å²) in [5.41, 5.74) is 2.14. The third-order valence-corrected chi connectivity index (χ3v) is 7.05. The number of piperidine rings is 2. The van der Waals surface area contributed by atoms with E-state index < -0.39 is 5.67 Å². The van der Waals surface area contributed by atoms with Crippen molar-refractivity contribution in [2.75, 3.05) is 32.8 Å². The van der Waals surface area contributed by atoms with E-state index in [2.05, 4.69) is 30.9 Å². The van der Waals surface area contributed by atoms with Crippen LogP contribution < -0.4 is 4.74 Å². The Morgan fingerprint density at radius 2 is 2.03 bits per heavy atom. The highest BCUT2D eigenvalue weighted by atomic mass is 19.1. The molecule has 5 rings (SSSR count).